The average Bonchev–Trinajstić information content (AvgIpc) is 2.91. The van der Waals surface area contributed by atoms with E-state index in [1.54, 1.807) is 6.07 Å². The lowest BCUT2D eigenvalue weighted by Gasteiger charge is -2.23. The van der Waals surface area contributed by atoms with Gasteiger partial charge in [-0.05, 0) is 60.4 Å². The van der Waals surface area contributed by atoms with E-state index in [-0.39, 0.29) is 0 Å². The molecule has 21 heavy (non-hydrogen) atoms. The highest BCUT2D eigenvalue weighted by Crippen LogP contribution is 2.23. The molecule has 1 fully saturated rings. The second kappa shape index (κ2) is 7.22. The van der Waals surface area contributed by atoms with Crippen LogP contribution in [-0.4, -0.2) is 39.5 Å². The second-order valence-corrected chi connectivity index (χ2v) is 8.34. The summed E-state index contributed by atoms with van der Waals surface area (Å²) in [6.07, 6.45) is 5.04. The van der Waals surface area contributed by atoms with Crippen molar-refractivity contribution in [2.24, 2.45) is 0 Å². The van der Waals surface area contributed by atoms with Gasteiger partial charge >= 0.3 is 0 Å². The first-order valence-corrected chi connectivity index (χ1v) is 9.64. The van der Waals surface area contributed by atoms with Crippen molar-refractivity contribution in [2.75, 3.05) is 20.1 Å². The van der Waals surface area contributed by atoms with Gasteiger partial charge in [-0.1, -0.05) is 18.9 Å². The smallest absolute Gasteiger partial charge is 0.241 e. The number of halogens is 1. The molecule has 1 aliphatic rings. The van der Waals surface area contributed by atoms with E-state index in [1.807, 2.05) is 19.1 Å². The monoisotopic (exact) mass is 374 g/mol. The summed E-state index contributed by atoms with van der Waals surface area (Å²) in [6, 6.07) is 5.88. The van der Waals surface area contributed by atoms with Gasteiger partial charge in [0.2, 0.25) is 10.0 Å². The van der Waals surface area contributed by atoms with E-state index in [0.717, 1.165) is 12.1 Å². The Labute approximate surface area is 136 Å². The molecule has 118 valence electrons. The van der Waals surface area contributed by atoms with Crippen LogP contribution < -0.4 is 4.72 Å². The van der Waals surface area contributed by atoms with Gasteiger partial charge in [0, 0.05) is 23.6 Å². The van der Waals surface area contributed by atoms with Gasteiger partial charge in [0.05, 0.1) is 4.90 Å². The molecule has 1 aromatic carbocycles. The van der Waals surface area contributed by atoms with E-state index >= 15 is 0 Å². The Morgan fingerprint density at radius 1 is 1.33 bits per heavy atom. The summed E-state index contributed by atoms with van der Waals surface area (Å²) in [5, 5.41) is 0. The largest absolute Gasteiger partial charge is 0.302 e. The van der Waals surface area contributed by atoms with Gasteiger partial charge in [-0.15, -0.1) is 0 Å². The van der Waals surface area contributed by atoms with E-state index in [4.69, 9.17) is 0 Å². The molecule has 0 aromatic heterocycles. The molecular weight excluding hydrogens is 352 g/mol. The van der Waals surface area contributed by atoms with E-state index in [1.165, 1.54) is 25.7 Å². The molecule has 0 aliphatic heterocycles. The normalized spacial score (nSPS) is 16.8. The number of likely N-dealkylation sites (N-methyl/N-ethyl adjacent to an activating group) is 1. The SMILES string of the molecule is Cc1ccc(S(=O)(=O)NCCN(C)C2CCCC2)c(Br)c1. The zero-order chi connectivity index (χ0) is 15.5. The molecule has 0 spiro atoms. The van der Waals surface area contributed by atoms with E-state index in [2.05, 4.69) is 32.6 Å². The fourth-order valence-electron chi connectivity index (χ4n) is 2.79. The standard InChI is InChI=1S/C15H23BrN2O2S/c1-12-7-8-15(14(16)11-12)21(19,20)17-9-10-18(2)13-5-3-4-6-13/h7-8,11,13,17H,3-6,9-10H2,1-2H3. The van der Waals surface area contributed by atoms with Gasteiger partial charge in [-0.3, -0.25) is 0 Å². The lowest BCUT2D eigenvalue weighted by Crippen LogP contribution is -2.37. The van der Waals surface area contributed by atoms with Crippen molar-refractivity contribution >= 4 is 26.0 Å². The summed E-state index contributed by atoms with van der Waals surface area (Å²) < 4.78 is 27.9. The lowest BCUT2D eigenvalue weighted by atomic mass is 10.2. The van der Waals surface area contributed by atoms with Gasteiger partial charge in [-0.25, -0.2) is 13.1 Å². The first kappa shape index (κ1) is 16.9. The van der Waals surface area contributed by atoms with Crippen LogP contribution in [0.25, 0.3) is 0 Å². The molecule has 0 bridgehead atoms. The molecule has 0 saturated heterocycles. The highest BCUT2D eigenvalue weighted by molar-refractivity contribution is 9.10. The molecule has 0 unspecified atom stereocenters. The molecular formula is C15H23BrN2O2S. The minimum atomic E-state index is -3.45. The van der Waals surface area contributed by atoms with Crippen LogP contribution in [0.2, 0.25) is 0 Å². The van der Waals surface area contributed by atoms with Crippen LogP contribution in [0.4, 0.5) is 0 Å². The molecule has 1 saturated carbocycles. The Balaban J connectivity index is 1.92. The van der Waals surface area contributed by atoms with E-state index in [0.29, 0.717) is 22.0 Å². The topological polar surface area (TPSA) is 49.4 Å². The molecule has 0 heterocycles. The molecule has 0 radical (unpaired) electrons. The maximum absolute atomic E-state index is 12.3. The number of benzene rings is 1. The van der Waals surface area contributed by atoms with Crippen LogP contribution in [0.15, 0.2) is 27.6 Å². The second-order valence-electron chi connectivity index (χ2n) is 5.75. The molecule has 1 N–H and O–H groups in total. The number of hydrogen-bond donors (Lipinski definition) is 1. The van der Waals surface area contributed by atoms with Crippen molar-refractivity contribution in [3.63, 3.8) is 0 Å². The van der Waals surface area contributed by atoms with Crippen molar-refractivity contribution < 1.29 is 8.42 Å². The predicted molar refractivity (Wildman–Crippen MR) is 89.0 cm³/mol. The quantitative estimate of drug-likeness (QED) is 0.832. The highest BCUT2D eigenvalue weighted by Gasteiger charge is 2.21. The van der Waals surface area contributed by atoms with Crippen LogP contribution in [0.1, 0.15) is 31.2 Å². The zero-order valence-corrected chi connectivity index (χ0v) is 15.0. The van der Waals surface area contributed by atoms with Crippen molar-refractivity contribution in [3.05, 3.63) is 28.2 Å². The van der Waals surface area contributed by atoms with Crippen molar-refractivity contribution in [1.29, 1.82) is 0 Å². The molecule has 4 nitrogen and oxygen atoms in total. The summed E-state index contributed by atoms with van der Waals surface area (Å²) >= 11 is 3.33. The van der Waals surface area contributed by atoms with Crippen LogP contribution >= 0.6 is 15.9 Å². The van der Waals surface area contributed by atoms with Crippen molar-refractivity contribution in [2.45, 2.75) is 43.5 Å². The average molecular weight is 375 g/mol. The molecule has 6 heteroatoms. The molecule has 0 amide bonds. The lowest BCUT2D eigenvalue weighted by molar-refractivity contribution is 0.250. The minimum absolute atomic E-state index is 0.302. The van der Waals surface area contributed by atoms with Gasteiger partial charge in [0.15, 0.2) is 0 Å². The van der Waals surface area contributed by atoms with Gasteiger partial charge < -0.3 is 4.90 Å². The first-order chi connectivity index (χ1) is 9.90. The Hall–Kier alpha value is -0.430. The minimum Gasteiger partial charge on any atom is -0.302 e. The number of hydrogen-bond acceptors (Lipinski definition) is 3. The van der Waals surface area contributed by atoms with Gasteiger partial charge in [-0.2, -0.15) is 0 Å². The Bertz CT molecular complexity index is 583. The molecule has 1 aromatic rings. The summed E-state index contributed by atoms with van der Waals surface area (Å²) in [5.41, 5.74) is 1.03. The fourth-order valence-corrected chi connectivity index (χ4v) is 5.00. The van der Waals surface area contributed by atoms with Crippen LogP contribution in [0, 0.1) is 6.92 Å². The summed E-state index contributed by atoms with van der Waals surface area (Å²) in [4.78, 5) is 2.57. The third-order valence-corrected chi connectivity index (χ3v) is 6.52. The number of nitrogens with zero attached hydrogens (tertiary/aromatic N) is 1. The molecule has 1 aliphatic carbocycles. The van der Waals surface area contributed by atoms with Crippen LogP contribution in [0.3, 0.4) is 0 Å². The third kappa shape index (κ3) is 4.52. The van der Waals surface area contributed by atoms with E-state index in [9.17, 15) is 8.42 Å². The molecule has 2 rings (SSSR count). The van der Waals surface area contributed by atoms with Crippen molar-refractivity contribution in [1.82, 2.24) is 9.62 Å². The van der Waals surface area contributed by atoms with Crippen LogP contribution in [-0.2, 0) is 10.0 Å². The summed E-state index contributed by atoms with van der Waals surface area (Å²) in [6.45, 7) is 3.12. The fraction of sp³-hybridized carbons (Fsp3) is 0.600. The van der Waals surface area contributed by atoms with Crippen molar-refractivity contribution in [3.8, 4) is 0 Å². The predicted octanol–water partition coefficient (Wildman–Crippen LogP) is 2.91. The maximum atomic E-state index is 12.3. The summed E-state index contributed by atoms with van der Waals surface area (Å²) in [5.74, 6) is 0. The summed E-state index contributed by atoms with van der Waals surface area (Å²) in [7, 11) is -1.37. The Kier molecular flexibility index (Phi) is 5.82. The van der Waals surface area contributed by atoms with E-state index < -0.39 is 10.0 Å². The van der Waals surface area contributed by atoms with Gasteiger partial charge in [0.25, 0.3) is 0 Å². The molecule has 0 atom stereocenters. The number of aryl methyl sites for hydroxylation is 1. The third-order valence-electron chi connectivity index (χ3n) is 4.08. The number of rotatable bonds is 6. The van der Waals surface area contributed by atoms with Gasteiger partial charge in [0.1, 0.15) is 0 Å². The Morgan fingerprint density at radius 2 is 2.00 bits per heavy atom. The number of sulfonamides is 1. The highest BCUT2D eigenvalue weighted by atomic mass is 79.9. The zero-order valence-electron chi connectivity index (χ0n) is 12.6. The van der Waals surface area contributed by atoms with Crippen LogP contribution in [0.5, 0.6) is 0 Å². The number of nitrogens with one attached hydrogen (secondary N) is 1. The first-order valence-electron chi connectivity index (χ1n) is 7.36. The Morgan fingerprint density at radius 3 is 2.62 bits per heavy atom. The maximum Gasteiger partial charge on any atom is 0.241 e.